The molecule has 25 heavy (non-hydrogen) atoms. The summed E-state index contributed by atoms with van der Waals surface area (Å²) in [5.74, 6) is -0.394. The van der Waals surface area contributed by atoms with Crippen LogP contribution in [-0.4, -0.2) is 44.7 Å². The van der Waals surface area contributed by atoms with Crippen LogP contribution in [0.1, 0.15) is 24.0 Å². The zero-order valence-electron chi connectivity index (χ0n) is 14.0. The van der Waals surface area contributed by atoms with E-state index in [4.69, 9.17) is 5.73 Å². The molecule has 1 saturated heterocycles. The van der Waals surface area contributed by atoms with Crippen LogP contribution in [0.2, 0.25) is 0 Å². The van der Waals surface area contributed by atoms with E-state index in [2.05, 4.69) is 15.4 Å². The van der Waals surface area contributed by atoms with E-state index < -0.39 is 0 Å². The summed E-state index contributed by atoms with van der Waals surface area (Å²) >= 11 is 0. The number of hydrogen-bond acceptors (Lipinski definition) is 4. The lowest BCUT2D eigenvalue weighted by Crippen LogP contribution is -2.46. The number of piperidine rings is 1. The quantitative estimate of drug-likeness (QED) is 0.835. The second-order valence-electron chi connectivity index (χ2n) is 6.18. The first kappa shape index (κ1) is 16.9. The summed E-state index contributed by atoms with van der Waals surface area (Å²) in [6.07, 6.45) is 4.43. The van der Waals surface area contributed by atoms with Gasteiger partial charge in [0.25, 0.3) is 0 Å². The average Bonchev–Trinajstić information content (AvgIpc) is 3.14. The highest BCUT2D eigenvalue weighted by atomic mass is 16.2. The van der Waals surface area contributed by atoms with Crippen molar-refractivity contribution in [3.63, 3.8) is 0 Å². The maximum Gasteiger partial charge on any atom is 0.317 e. The zero-order valence-corrected chi connectivity index (χ0v) is 14.0. The van der Waals surface area contributed by atoms with E-state index in [1.165, 1.54) is 6.33 Å². The summed E-state index contributed by atoms with van der Waals surface area (Å²) in [6, 6.07) is 7.81. The van der Waals surface area contributed by atoms with E-state index in [-0.39, 0.29) is 17.9 Å². The number of aromatic nitrogens is 3. The molecule has 1 aromatic heterocycles. The van der Waals surface area contributed by atoms with E-state index in [9.17, 15) is 9.59 Å². The molecule has 1 aliphatic heterocycles. The second kappa shape index (κ2) is 7.78. The first-order chi connectivity index (χ1) is 12.1. The van der Waals surface area contributed by atoms with Gasteiger partial charge in [-0.25, -0.2) is 14.5 Å². The molecule has 0 unspecified atom stereocenters. The van der Waals surface area contributed by atoms with Gasteiger partial charge in [0.15, 0.2) is 0 Å². The summed E-state index contributed by atoms with van der Waals surface area (Å²) in [5.41, 5.74) is 7.45. The van der Waals surface area contributed by atoms with Crippen LogP contribution in [-0.2, 0) is 17.9 Å². The van der Waals surface area contributed by atoms with Crippen LogP contribution in [0.15, 0.2) is 36.9 Å². The molecule has 0 saturated carbocycles. The van der Waals surface area contributed by atoms with Crippen molar-refractivity contribution in [2.75, 3.05) is 13.1 Å². The first-order valence-corrected chi connectivity index (χ1v) is 8.35. The maximum absolute atomic E-state index is 12.3. The van der Waals surface area contributed by atoms with Gasteiger partial charge in [0.2, 0.25) is 5.91 Å². The Morgan fingerprint density at radius 2 is 1.92 bits per heavy atom. The largest absolute Gasteiger partial charge is 0.369 e. The predicted octanol–water partition coefficient (Wildman–Crippen LogP) is 0.733. The Balaban J connectivity index is 1.55. The fourth-order valence-electron chi connectivity index (χ4n) is 3.02. The molecule has 3 N–H and O–H groups in total. The highest BCUT2D eigenvalue weighted by Gasteiger charge is 2.25. The minimum atomic E-state index is -0.276. The summed E-state index contributed by atoms with van der Waals surface area (Å²) in [4.78, 5) is 29.2. The van der Waals surface area contributed by atoms with Crippen LogP contribution in [0, 0.1) is 5.92 Å². The van der Waals surface area contributed by atoms with E-state index in [1.54, 1.807) is 15.9 Å². The van der Waals surface area contributed by atoms with Crippen molar-refractivity contribution < 1.29 is 9.59 Å². The van der Waals surface area contributed by atoms with Crippen LogP contribution in [0.3, 0.4) is 0 Å². The van der Waals surface area contributed by atoms with Crippen molar-refractivity contribution in [1.82, 2.24) is 25.0 Å². The number of primary amides is 1. The van der Waals surface area contributed by atoms with Gasteiger partial charge in [-0.2, -0.15) is 5.10 Å². The van der Waals surface area contributed by atoms with Gasteiger partial charge in [-0.05, 0) is 24.0 Å². The van der Waals surface area contributed by atoms with Gasteiger partial charge in [-0.3, -0.25) is 4.79 Å². The van der Waals surface area contributed by atoms with Crippen molar-refractivity contribution >= 4 is 11.9 Å². The molecule has 8 heteroatoms. The molecular formula is C17H22N6O2. The molecule has 2 heterocycles. The summed E-state index contributed by atoms with van der Waals surface area (Å²) in [7, 11) is 0. The molecule has 0 atom stereocenters. The van der Waals surface area contributed by atoms with E-state index in [1.807, 2.05) is 24.3 Å². The van der Waals surface area contributed by atoms with Crippen molar-refractivity contribution in [3.05, 3.63) is 48.0 Å². The van der Waals surface area contributed by atoms with Crippen LogP contribution in [0.25, 0.3) is 0 Å². The monoisotopic (exact) mass is 342 g/mol. The van der Waals surface area contributed by atoms with Gasteiger partial charge in [0.05, 0.1) is 6.54 Å². The standard InChI is InChI=1S/C17H22N6O2/c18-16(24)13-5-7-22(8-6-13)17(25)20-9-14-3-1-2-4-15(14)10-23-12-19-11-21-23/h1-4,11-13H,5-10H2,(H2,18,24)(H,20,25). The summed E-state index contributed by atoms with van der Waals surface area (Å²) in [5, 5.41) is 7.07. The highest BCUT2D eigenvalue weighted by Crippen LogP contribution is 2.17. The fraction of sp³-hybridized carbons (Fsp3) is 0.412. The number of rotatable bonds is 5. The van der Waals surface area contributed by atoms with E-state index in [0.717, 1.165) is 11.1 Å². The summed E-state index contributed by atoms with van der Waals surface area (Å²) < 4.78 is 1.75. The maximum atomic E-state index is 12.3. The van der Waals surface area contributed by atoms with Gasteiger partial charge < -0.3 is 16.0 Å². The number of carbonyl (C=O) groups excluding carboxylic acids is 2. The SMILES string of the molecule is NC(=O)C1CCN(C(=O)NCc2ccccc2Cn2cncn2)CC1. The van der Waals surface area contributed by atoms with Gasteiger partial charge in [-0.1, -0.05) is 24.3 Å². The number of hydrogen-bond donors (Lipinski definition) is 2. The van der Waals surface area contributed by atoms with Gasteiger partial charge in [0, 0.05) is 25.6 Å². The fourth-order valence-corrected chi connectivity index (χ4v) is 3.02. The van der Waals surface area contributed by atoms with Gasteiger partial charge >= 0.3 is 6.03 Å². The minimum absolute atomic E-state index is 0.113. The van der Waals surface area contributed by atoms with Gasteiger partial charge in [-0.15, -0.1) is 0 Å². The Labute approximate surface area is 146 Å². The van der Waals surface area contributed by atoms with Crippen molar-refractivity contribution in [2.45, 2.75) is 25.9 Å². The van der Waals surface area contributed by atoms with Crippen LogP contribution < -0.4 is 11.1 Å². The predicted molar refractivity (Wildman–Crippen MR) is 91.3 cm³/mol. The molecule has 1 aromatic carbocycles. The van der Waals surface area contributed by atoms with E-state index in [0.29, 0.717) is 39.0 Å². The molecule has 0 bridgehead atoms. The molecule has 0 radical (unpaired) electrons. The molecule has 0 aliphatic carbocycles. The Morgan fingerprint density at radius 1 is 1.20 bits per heavy atom. The highest BCUT2D eigenvalue weighted by molar-refractivity contribution is 5.78. The number of carbonyl (C=O) groups is 2. The molecule has 3 amide bonds. The number of benzene rings is 1. The Kier molecular flexibility index (Phi) is 5.27. The number of likely N-dealkylation sites (tertiary alicyclic amines) is 1. The lowest BCUT2D eigenvalue weighted by atomic mass is 9.96. The van der Waals surface area contributed by atoms with Gasteiger partial charge in [0.1, 0.15) is 12.7 Å². The molecular weight excluding hydrogens is 320 g/mol. The van der Waals surface area contributed by atoms with Crippen LogP contribution in [0.4, 0.5) is 4.79 Å². The third-order valence-corrected chi connectivity index (χ3v) is 4.53. The van der Waals surface area contributed by atoms with Crippen LogP contribution >= 0.6 is 0 Å². The van der Waals surface area contributed by atoms with Crippen molar-refractivity contribution in [2.24, 2.45) is 11.7 Å². The smallest absolute Gasteiger partial charge is 0.317 e. The molecule has 132 valence electrons. The van der Waals surface area contributed by atoms with Crippen molar-refractivity contribution in [1.29, 1.82) is 0 Å². The molecule has 1 fully saturated rings. The van der Waals surface area contributed by atoms with Crippen molar-refractivity contribution in [3.8, 4) is 0 Å². The Morgan fingerprint density at radius 3 is 2.56 bits per heavy atom. The summed E-state index contributed by atoms with van der Waals surface area (Å²) in [6.45, 7) is 2.16. The lowest BCUT2D eigenvalue weighted by Gasteiger charge is -2.30. The number of nitrogens with one attached hydrogen (secondary N) is 1. The minimum Gasteiger partial charge on any atom is -0.369 e. The zero-order chi connectivity index (χ0) is 17.6. The number of nitrogens with two attached hydrogens (primary N) is 1. The first-order valence-electron chi connectivity index (χ1n) is 8.35. The average molecular weight is 342 g/mol. The number of amides is 3. The Hall–Kier alpha value is -2.90. The van der Waals surface area contributed by atoms with E-state index >= 15 is 0 Å². The molecule has 0 spiro atoms. The number of urea groups is 1. The van der Waals surface area contributed by atoms with Crippen LogP contribution in [0.5, 0.6) is 0 Å². The molecule has 3 rings (SSSR count). The molecule has 1 aliphatic rings. The third-order valence-electron chi connectivity index (χ3n) is 4.53. The molecule has 2 aromatic rings. The number of nitrogens with zero attached hydrogens (tertiary/aromatic N) is 4. The Bertz CT molecular complexity index is 722. The lowest BCUT2D eigenvalue weighted by molar-refractivity contribution is -0.123. The molecule has 8 nitrogen and oxygen atoms in total. The normalized spacial score (nSPS) is 15.1. The topological polar surface area (TPSA) is 106 Å². The third kappa shape index (κ3) is 4.34. The second-order valence-corrected chi connectivity index (χ2v) is 6.18.